The van der Waals surface area contributed by atoms with Crippen LogP contribution in [-0.2, 0) is 0 Å². The molecule has 0 saturated heterocycles. The summed E-state index contributed by atoms with van der Waals surface area (Å²) in [6, 6.07) is 81.0. The van der Waals surface area contributed by atoms with Crippen molar-refractivity contribution in [2.75, 3.05) is 4.90 Å². The maximum absolute atomic E-state index is 7.02. The minimum Gasteiger partial charge on any atom is -0.458 e. The highest BCUT2D eigenvalue weighted by atomic mass is 28.3. The van der Waals surface area contributed by atoms with Crippen molar-refractivity contribution in [1.82, 2.24) is 0 Å². The molecule has 0 radical (unpaired) electrons. The molecule has 0 bridgehead atoms. The minimum absolute atomic E-state index is 0.876. The largest absolute Gasteiger partial charge is 0.458 e. The first-order chi connectivity index (χ1) is 29.7. The highest BCUT2D eigenvalue weighted by Crippen LogP contribution is 2.43. The first kappa shape index (κ1) is 34.4. The molecule has 282 valence electrons. The summed E-state index contributed by atoms with van der Waals surface area (Å²) in [5.41, 5.74) is 7.98. The lowest BCUT2D eigenvalue weighted by molar-refractivity contribution is 0.482. The Kier molecular flexibility index (Phi) is 7.87. The van der Waals surface area contributed by atoms with Crippen molar-refractivity contribution >= 4 is 67.4 Å². The van der Waals surface area contributed by atoms with Crippen LogP contribution in [0, 0.1) is 0 Å². The molecule has 0 N–H and O–H groups in total. The van der Waals surface area contributed by atoms with Gasteiger partial charge < -0.3 is 14.4 Å². The molecule has 1 spiro atoms. The number of fused-ring (bicyclic) bond motifs is 10. The Bertz CT molecular complexity index is 3230. The fourth-order valence-electron chi connectivity index (χ4n) is 9.70. The summed E-state index contributed by atoms with van der Waals surface area (Å²) >= 11 is 0. The normalized spacial score (nSPS) is 13.1. The molecule has 60 heavy (non-hydrogen) atoms. The third-order valence-corrected chi connectivity index (χ3v) is 17.2. The second-order valence-corrected chi connectivity index (χ2v) is 19.3. The quantitative estimate of drug-likeness (QED) is 0.162. The van der Waals surface area contributed by atoms with Gasteiger partial charge in [0.05, 0.1) is 5.69 Å². The van der Waals surface area contributed by atoms with Crippen LogP contribution in [0.5, 0.6) is 23.0 Å². The van der Waals surface area contributed by atoms with Gasteiger partial charge in [0.2, 0.25) is 0 Å². The molecule has 0 amide bonds. The lowest BCUT2D eigenvalue weighted by Crippen LogP contribution is -2.77. The SMILES string of the molecule is c1ccc(-c2ccc3c(c2)[Si]2(c4ccccc4Oc4ccccc42)c2cc(N(c4ccc(-c5cccc6ccccc56)cc4)c4cccc5ccccc45)ccc2O3)cc1. The summed E-state index contributed by atoms with van der Waals surface area (Å²) in [4.78, 5) is 2.42. The molecule has 2 aliphatic heterocycles. The highest BCUT2D eigenvalue weighted by molar-refractivity contribution is 7.21. The summed E-state index contributed by atoms with van der Waals surface area (Å²) in [7, 11) is -3.11. The van der Waals surface area contributed by atoms with Crippen molar-refractivity contribution in [3.63, 3.8) is 0 Å². The zero-order chi connectivity index (χ0) is 39.6. The van der Waals surface area contributed by atoms with E-state index in [0.29, 0.717) is 0 Å². The number of para-hydroxylation sites is 2. The van der Waals surface area contributed by atoms with Gasteiger partial charge in [0.15, 0.2) is 8.07 Å². The van der Waals surface area contributed by atoms with Crippen LogP contribution in [0.15, 0.2) is 224 Å². The lowest BCUT2D eigenvalue weighted by atomic mass is 9.98. The minimum atomic E-state index is -3.11. The van der Waals surface area contributed by atoms with E-state index in [4.69, 9.17) is 9.47 Å². The predicted molar refractivity (Wildman–Crippen MR) is 251 cm³/mol. The average molecular weight is 784 g/mol. The summed E-state index contributed by atoms with van der Waals surface area (Å²) in [6.07, 6.45) is 0. The predicted octanol–water partition coefficient (Wildman–Crippen LogP) is 12.4. The molecular weight excluding hydrogens is 747 g/mol. The molecule has 0 fully saturated rings. The molecule has 0 aromatic heterocycles. The number of rotatable bonds is 5. The van der Waals surface area contributed by atoms with Gasteiger partial charge in [-0.1, -0.05) is 170 Å². The van der Waals surface area contributed by atoms with Crippen molar-refractivity contribution in [2.45, 2.75) is 0 Å². The van der Waals surface area contributed by atoms with Gasteiger partial charge in [-0.15, -0.1) is 0 Å². The maximum atomic E-state index is 7.02. The van der Waals surface area contributed by atoms with Crippen LogP contribution in [0.25, 0.3) is 43.8 Å². The smallest absolute Gasteiger partial charge is 0.196 e. The van der Waals surface area contributed by atoms with Crippen LogP contribution >= 0.6 is 0 Å². The molecule has 0 aliphatic carbocycles. The summed E-state index contributed by atoms with van der Waals surface area (Å²) < 4.78 is 13.8. The molecule has 2 aliphatic rings. The summed E-state index contributed by atoms with van der Waals surface area (Å²) in [5, 5.41) is 9.69. The van der Waals surface area contributed by atoms with E-state index in [1.54, 1.807) is 0 Å². The number of hydrogen-bond acceptors (Lipinski definition) is 3. The first-order valence-electron chi connectivity index (χ1n) is 20.5. The van der Waals surface area contributed by atoms with Crippen LogP contribution < -0.4 is 35.1 Å². The van der Waals surface area contributed by atoms with Gasteiger partial charge in [-0.25, -0.2) is 0 Å². The van der Waals surface area contributed by atoms with Crippen molar-refractivity contribution in [3.05, 3.63) is 224 Å². The molecule has 10 aromatic rings. The number of hydrogen-bond donors (Lipinski definition) is 0. The third-order valence-electron chi connectivity index (χ3n) is 12.4. The van der Waals surface area contributed by atoms with E-state index < -0.39 is 8.07 Å². The van der Waals surface area contributed by atoms with Gasteiger partial charge in [-0.05, 0) is 114 Å². The van der Waals surface area contributed by atoms with Crippen LogP contribution in [0.1, 0.15) is 0 Å². The van der Waals surface area contributed by atoms with Crippen molar-refractivity contribution in [2.24, 2.45) is 0 Å². The average Bonchev–Trinajstić information content (AvgIpc) is 3.32. The maximum Gasteiger partial charge on any atom is 0.196 e. The Morgan fingerprint density at radius 3 is 1.57 bits per heavy atom. The van der Waals surface area contributed by atoms with E-state index in [9.17, 15) is 0 Å². The standard InChI is InChI=1S/C56H37NO2Si/c1-2-14-38(15-3-1)42-30-34-51-55(36-42)60(53-26-10-8-24-49(53)58-50-25-9-11-27-54(50)60)56-37-44(33-35-52(56)59-51)57(48-23-13-19-40-17-5-7-21-47(40)48)43-31-28-41(29-32-43)46-22-12-18-39-16-4-6-20-45(39)46/h1-37H. The fourth-order valence-corrected chi connectivity index (χ4v) is 14.9. The van der Waals surface area contributed by atoms with Crippen LogP contribution in [0.2, 0.25) is 0 Å². The molecule has 0 saturated carbocycles. The van der Waals surface area contributed by atoms with Crippen LogP contribution in [0.4, 0.5) is 17.1 Å². The topological polar surface area (TPSA) is 21.7 Å². The van der Waals surface area contributed by atoms with Crippen molar-refractivity contribution < 1.29 is 9.47 Å². The molecule has 0 atom stereocenters. The zero-order valence-electron chi connectivity index (χ0n) is 32.6. The van der Waals surface area contributed by atoms with Gasteiger partial charge in [-0.2, -0.15) is 0 Å². The Morgan fingerprint density at radius 2 is 0.833 bits per heavy atom. The van der Waals surface area contributed by atoms with E-state index in [1.807, 2.05) is 0 Å². The Labute approximate surface area is 350 Å². The van der Waals surface area contributed by atoms with E-state index in [-0.39, 0.29) is 0 Å². The molecule has 3 nitrogen and oxygen atoms in total. The molecule has 12 rings (SSSR count). The van der Waals surface area contributed by atoms with E-state index in [2.05, 4.69) is 229 Å². The van der Waals surface area contributed by atoms with Crippen LogP contribution in [-0.4, -0.2) is 8.07 Å². The molecular formula is C56H37NO2Si. The van der Waals surface area contributed by atoms with E-state index in [0.717, 1.165) is 45.6 Å². The van der Waals surface area contributed by atoms with Gasteiger partial charge in [0.25, 0.3) is 0 Å². The molecule has 0 unspecified atom stereocenters. The van der Waals surface area contributed by atoms with Gasteiger partial charge in [-0.3, -0.25) is 0 Å². The van der Waals surface area contributed by atoms with Gasteiger partial charge in [0.1, 0.15) is 23.0 Å². The number of nitrogens with zero attached hydrogens (tertiary/aromatic N) is 1. The van der Waals surface area contributed by atoms with Gasteiger partial charge in [0, 0.05) is 16.8 Å². The second-order valence-electron chi connectivity index (χ2n) is 15.6. The Hall–Kier alpha value is -7.66. The van der Waals surface area contributed by atoms with E-state index >= 15 is 0 Å². The van der Waals surface area contributed by atoms with E-state index in [1.165, 1.54) is 59.0 Å². The Balaban J connectivity index is 1.12. The zero-order valence-corrected chi connectivity index (χ0v) is 33.6. The summed E-state index contributed by atoms with van der Waals surface area (Å²) in [5.74, 6) is 3.56. The van der Waals surface area contributed by atoms with Crippen molar-refractivity contribution in [3.8, 4) is 45.3 Å². The second kappa shape index (κ2) is 13.7. The number of anilines is 3. The first-order valence-corrected chi connectivity index (χ1v) is 22.5. The Morgan fingerprint density at radius 1 is 0.317 bits per heavy atom. The molecule has 10 aromatic carbocycles. The molecule has 2 heterocycles. The monoisotopic (exact) mass is 783 g/mol. The van der Waals surface area contributed by atoms with Crippen molar-refractivity contribution in [1.29, 1.82) is 0 Å². The highest BCUT2D eigenvalue weighted by Gasteiger charge is 2.53. The number of benzene rings is 10. The van der Waals surface area contributed by atoms with Gasteiger partial charge >= 0.3 is 0 Å². The number of ether oxygens (including phenoxy) is 2. The van der Waals surface area contributed by atoms with Crippen LogP contribution in [0.3, 0.4) is 0 Å². The molecule has 4 heteroatoms. The summed E-state index contributed by atoms with van der Waals surface area (Å²) in [6.45, 7) is 0. The third kappa shape index (κ3) is 5.28. The fraction of sp³-hybridized carbons (Fsp3) is 0. The lowest BCUT2D eigenvalue weighted by Gasteiger charge is -2.43.